The molecule has 0 rings (SSSR count). The zero-order valence-corrected chi connectivity index (χ0v) is 8.50. The van der Waals surface area contributed by atoms with Crippen LogP contribution in [0.4, 0.5) is 0 Å². The Balaban J connectivity index is 0. The third kappa shape index (κ3) is 12.5. The zero-order valence-electron chi connectivity index (χ0n) is 6.69. The number of thioether (sulfide) groups is 1. The number of carbonyl (C=O) groups is 1. The summed E-state index contributed by atoms with van der Waals surface area (Å²) in [4.78, 5) is 17.1. The molecule has 0 heterocycles. The number of carboxylic acid groups (broad SMARTS) is 1. The van der Waals surface area contributed by atoms with Gasteiger partial charge in [0.25, 0.3) is 0 Å². The second-order valence-electron chi connectivity index (χ2n) is 1.82. The van der Waals surface area contributed by atoms with Crippen molar-refractivity contribution in [2.75, 3.05) is 12.0 Å². The van der Waals surface area contributed by atoms with Crippen molar-refractivity contribution in [2.45, 2.75) is 12.5 Å². The van der Waals surface area contributed by atoms with Gasteiger partial charge in [0.05, 0.1) is 0 Å². The average molecular weight is 214 g/mol. The van der Waals surface area contributed by atoms with Gasteiger partial charge in [0.2, 0.25) is 0 Å². The lowest BCUT2D eigenvalue weighted by Crippen LogP contribution is -2.30. The van der Waals surface area contributed by atoms with Crippen LogP contribution in [0.2, 0.25) is 0 Å². The van der Waals surface area contributed by atoms with E-state index >= 15 is 0 Å². The smallest absolute Gasteiger partial charge is 0.480 e. The minimum absolute atomic E-state index is 0.552. The Morgan fingerprint density at radius 2 is 2.17 bits per heavy atom. The molecule has 0 saturated heterocycles. The normalized spacial score (nSPS) is 11.6. The van der Waals surface area contributed by atoms with Crippen molar-refractivity contribution in [1.82, 2.24) is 0 Å². The lowest BCUT2D eigenvalue weighted by atomic mass is 10.2. The number of hydrogen-bond acceptors (Lipinski definition) is 4. The van der Waals surface area contributed by atoms with Gasteiger partial charge in [0.15, 0.2) is 0 Å². The topological polar surface area (TPSA) is 101 Å². The second kappa shape index (κ2) is 10.8. The summed E-state index contributed by atoms with van der Waals surface area (Å²) in [7, 11) is -1.17. The Kier molecular flexibility index (Phi) is 13.0. The van der Waals surface area contributed by atoms with Crippen LogP contribution in [-0.2, 0) is 9.36 Å². The van der Waals surface area contributed by atoms with Gasteiger partial charge in [0.1, 0.15) is 6.04 Å². The summed E-state index contributed by atoms with van der Waals surface area (Å²) >= 11 is 1.60. The summed E-state index contributed by atoms with van der Waals surface area (Å²) < 4.78 is 8.51. The first-order valence-corrected chi connectivity index (χ1v) is 5.33. The van der Waals surface area contributed by atoms with Gasteiger partial charge in [-0.05, 0) is 23.0 Å². The lowest BCUT2D eigenvalue weighted by Gasteiger charge is -2.02. The van der Waals surface area contributed by atoms with E-state index < -0.39 is 20.7 Å². The highest BCUT2D eigenvalue weighted by molar-refractivity contribution is 7.98. The molecule has 5 nitrogen and oxygen atoms in total. The largest absolute Gasteiger partial charge is 0.491 e. The molecule has 0 aromatic rings. The van der Waals surface area contributed by atoms with Gasteiger partial charge >= 0.3 is 14.7 Å². The van der Waals surface area contributed by atoms with Gasteiger partial charge in [-0.25, -0.2) is 0 Å². The summed E-state index contributed by atoms with van der Waals surface area (Å²) in [5.74, 6) is -0.1000. The highest BCUT2D eigenvalue weighted by Crippen LogP contribution is 1.97. The fourth-order valence-corrected chi connectivity index (χ4v) is 0.858. The first-order valence-electron chi connectivity index (χ1n) is 3.08. The quantitative estimate of drug-likeness (QED) is 0.572. The van der Waals surface area contributed by atoms with Crippen molar-refractivity contribution < 1.29 is 19.4 Å². The SMILES string of the molecule is CSCCC(N)C(=O)O.O=[PH+]O. The maximum absolute atomic E-state index is 10.1. The Hall–Kier alpha value is -0.160. The van der Waals surface area contributed by atoms with E-state index in [9.17, 15) is 4.79 Å². The summed E-state index contributed by atoms with van der Waals surface area (Å²) in [6.45, 7) is 0. The summed E-state index contributed by atoms with van der Waals surface area (Å²) in [5.41, 5.74) is 5.19. The van der Waals surface area contributed by atoms with E-state index in [1.807, 2.05) is 6.26 Å². The van der Waals surface area contributed by atoms with Crippen molar-refractivity contribution in [2.24, 2.45) is 5.73 Å². The van der Waals surface area contributed by atoms with E-state index in [2.05, 4.69) is 0 Å². The molecule has 2 atom stereocenters. The number of nitrogens with two attached hydrogens (primary N) is 1. The average Bonchev–Trinajstić information content (AvgIpc) is 2.01. The Labute approximate surface area is 76.6 Å². The second-order valence-corrected chi connectivity index (χ2v) is 2.99. The molecule has 0 fully saturated rings. The van der Waals surface area contributed by atoms with Crippen molar-refractivity contribution in [3.63, 3.8) is 0 Å². The van der Waals surface area contributed by atoms with Crippen molar-refractivity contribution in [3.05, 3.63) is 0 Å². The van der Waals surface area contributed by atoms with Crippen LogP contribution in [0.3, 0.4) is 0 Å². The van der Waals surface area contributed by atoms with Gasteiger partial charge < -0.3 is 10.8 Å². The molecule has 0 bridgehead atoms. The van der Waals surface area contributed by atoms with Gasteiger partial charge in [-0.2, -0.15) is 16.7 Å². The highest BCUT2D eigenvalue weighted by Gasteiger charge is 2.08. The zero-order chi connectivity index (χ0) is 9.98. The first kappa shape index (κ1) is 14.4. The number of aliphatic carboxylic acids is 1. The number of rotatable bonds is 4. The molecule has 0 radical (unpaired) electrons. The van der Waals surface area contributed by atoms with Gasteiger partial charge in [-0.1, -0.05) is 0 Å². The van der Waals surface area contributed by atoms with Gasteiger partial charge in [-0.3, -0.25) is 4.79 Å². The van der Waals surface area contributed by atoms with E-state index in [-0.39, 0.29) is 0 Å². The molecule has 4 N–H and O–H groups in total. The van der Waals surface area contributed by atoms with E-state index in [1.165, 1.54) is 0 Å². The van der Waals surface area contributed by atoms with Gasteiger partial charge in [0, 0.05) is 0 Å². The molecule has 2 unspecified atom stereocenters. The molecule has 72 valence electrons. The van der Waals surface area contributed by atoms with Crippen LogP contribution < -0.4 is 5.73 Å². The molecule has 0 aromatic heterocycles. The Bertz CT molecular complexity index is 135. The molecule has 7 heteroatoms. The molecule has 0 spiro atoms. The van der Waals surface area contributed by atoms with E-state index in [4.69, 9.17) is 20.3 Å². The van der Waals surface area contributed by atoms with Crippen molar-refractivity contribution in [3.8, 4) is 0 Å². The van der Waals surface area contributed by atoms with Crippen LogP contribution >= 0.6 is 20.4 Å². The molecule has 0 saturated carbocycles. The third-order valence-electron chi connectivity index (χ3n) is 0.950. The lowest BCUT2D eigenvalue weighted by molar-refractivity contribution is -0.138. The minimum atomic E-state index is -1.17. The van der Waals surface area contributed by atoms with Crippen LogP contribution in [0.25, 0.3) is 0 Å². The molecule has 12 heavy (non-hydrogen) atoms. The van der Waals surface area contributed by atoms with Crippen molar-refractivity contribution in [1.29, 1.82) is 0 Å². The maximum atomic E-state index is 10.1. The van der Waals surface area contributed by atoms with Crippen molar-refractivity contribution >= 4 is 26.4 Å². The molecular formula is C5H13NO4PS+. The summed E-state index contributed by atoms with van der Waals surface area (Å²) in [6.07, 6.45) is 2.48. The number of carboxylic acids is 1. The molecule has 0 aliphatic carbocycles. The first-order chi connectivity index (χ1) is 5.59. The maximum Gasteiger partial charge on any atom is 0.491 e. The van der Waals surface area contributed by atoms with Crippen LogP contribution in [0.15, 0.2) is 0 Å². The minimum Gasteiger partial charge on any atom is -0.480 e. The van der Waals surface area contributed by atoms with Crippen LogP contribution in [0.1, 0.15) is 6.42 Å². The molecule has 0 amide bonds. The Morgan fingerprint density at radius 1 is 1.75 bits per heavy atom. The van der Waals surface area contributed by atoms with Gasteiger partial charge in [-0.15, -0.1) is 0 Å². The third-order valence-corrected chi connectivity index (χ3v) is 1.59. The molecular weight excluding hydrogens is 201 g/mol. The fourth-order valence-electron chi connectivity index (χ4n) is 0.368. The number of hydrogen-bond donors (Lipinski definition) is 3. The highest BCUT2D eigenvalue weighted by atomic mass is 32.2. The summed E-state index contributed by atoms with van der Waals surface area (Å²) in [5, 5.41) is 8.27. The van der Waals surface area contributed by atoms with Crippen LogP contribution in [0, 0.1) is 0 Å². The predicted octanol–water partition coefficient (Wildman–Crippen LogP) is 0.0691. The van der Waals surface area contributed by atoms with E-state index in [0.717, 1.165) is 5.75 Å². The molecule has 0 aliphatic rings. The molecule has 0 aliphatic heterocycles. The Morgan fingerprint density at radius 3 is 2.42 bits per heavy atom. The van der Waals surface area contributed by atoms with E-state index in [1.54, 1.807) is 11.8 Å². The fraction of sp³-hybridized carbons (Fsp3) is 0.800. The predicted molar refractivity (Wildman–Crippen MR) is 49.8 cm³/mol. The summed E-state index contributed by atoms with van der Waals surface area (Å²) in [6, 6.07) is -0.683. The standard InChI is InChI=1S/C5H11NO2S.HO2P/c1-9-3-2-4(6)5(7)8;1-3-2/h4H,2-3,6H2,1H3,(H,7,8);3H/p+1. The van der Waals surface area contributed by atoms with E-state index in [0.29, 0.717) is 6.42 Å². The van der Waals surface area contributed by atoms with Crippen LogP contribution in [0.5, 0.6) is 0 Å². The molecule has 0 aromatic carbocycles. The van der Waals surface area contributed by atoms with Crippen LogP contribution in [-0.4, -0.2) is 34.0 Å². The monoisotopic (exact) mass is 214 g/mol.